The number of ether oxygens (including phenoxy) is 3. The van der Waals surface area contributed by atoms with Crippen LogP contribution in [0.3, 0.4) is 0 Å². The van der Waals surface area contributed by atoms with Crippen LogP contribution in [0.15, 0.2) is 48.6 Å². The number of hydrogen-bond acceptors (Lipinski definition) is 10. The lowest BCUT2D eigenvalue weighted by molar-refractivity contribution is -0.305. The molecule has 0 bridgehead atoms. The monoisotopic (exact) mass is 1020 g/mol. The normalized spacial score (nSPS) is 19.8. The van der Waals surface area contributed by atoms with E-state index >= 15 is 0 Å². The first-order valence-electron chi connectivity index (χ1n) is 29.9. The molecule has 1 fully saturated rings. The van der Waals surface area contributed by atoms with E-state index in [0.717, 1.165) is 89.9 Å². The van der Waals surface area contributed by atoms with Crippen molar-refractivity contribution in [1.82, 2.24) is 5.32 Å². The maximum absolute atomic E-state index is 13.4. The summed E-state index contributed by atoms with van der Waals surface area (Å²) in [5, 5.41) is 56.8. The van der Waals surface area contributed by atoms with Gasteiger partial charge in [0.05, 0.1) is 25.4 Å². The van der Waals surface area contributed by atoms with Gasteiger partial charge in [-0.1, -0.05) is 243 Å². The first-order chi connectivity index (χ1) is 35.2. The third kappa shape index (κ3) is 37.4. The Morgan fingerprint density at radius 3 is 1.46 bits per heavy atom. The van der Waals surface area contributed by atoms with Crippen LogP contribution in [0.2, 0.25) is 0 Å². The van der Waals surface area contributed by atoms with Gasteiger partial charge in [0.2, 0.25) is 5.91 Å². The fourth-order valence-corrected chi connectivity index (χ4v) is 9.19. The summed E-state index contributed by atoms with van der Waals surface area (Å²) in [6.07, 6.45) is 48.6. The minimum Gasteiger partial charge on any atom is -0.454 e. The zero-order chi connectivity index (χ0) is 52.5. The predicted molar refractivity (Wildman–Crippen MR) is 297 cm³/mol. The number of rotatable bonds is 50. The first kappa shape index (κ1) is 67.6. The van der Waals surface area contributed by atoms with Crippen molar-refractivity contribution in [3.8, 4) is 0 Å². The Morgan fingerprint density at radius 1 is 0.542 bits per heavy atom. The molecule has 1 rings (SSSR count). The molecule has 0 radical (unpaired) electrons. The third-order valence-electron chi connectivity index (χ3n) is 14.0. The van der Waals surface area contributed by atoms with Crippen LogP contribution in [0.1, 0.15) is 265 Å². The Bertz CT molecular complexity index is 1350. The highest BCUT2D eigenvalue weighted by atomic mass is 16.7. The van der Waals surface area contributed by atoms with E-state index in [2.05, 4.69) is 62.5 Å². The molecular weight excluding hydrogens is 907 g/mol. The minimum absolute atomic E-state index is 0.110. The SMILES string of the molecule is CCCCC/C=C\C/C=C\C/C=C\CCCCCCCCC(=O)OC1C(OCC(NC(=O)C(O)CCCCCCCCCCCCCCC)C(O)/C=C/CCCCCCCCCCC)OC(CO)C(O)C1O. The predicted octanol–water partition coefficient (Wildman–Crippen LogP) is 13.7. The molecule has 1 heterocycles. The molecule has 8 unspecified atom stereocenters. The number of hydrogen-bond donors (Lipinski definition) is 6. The van der Waals surface area contributed by atoms with Gasteiger partial charge in [-0.2, -0.15) is 0 Å². The molecule has 1 saturated heterocycles. The van der Waals surface area contributed by atoms with Crippen molar-refractivity contribution in [2.24, 2.45) is 0 Å². The van der Waals surface area contributed by atoms with Gasteiger partial charge in [0.25, 0.3) is 0 Å². The lowest BCUT2D eigenvalue weighted by atomic mass is 9.99. The number of amides is 1. The van der Waals surface area contributed by atoms with Crippen LogP contribution in [0.5, 0.6) is 0 Å². The molecule has 0 aromatic carbocycles. The Balaban J connectivity index is 2.69. The summed E-state index contributed by atoms with van der Waals surface area (Å²) in [6, 6.07) is -1.02. The minimum atomic E-state index is -1.62. The van der Waals surface area contributed by atoms with Crippen molar-refractivity contribution in [2.75, 3.05) is 13.2 Å². The van der Waals surface area contributed by atoms with E-state index in [1.54, 1.807) is 6.08 Å². The van der Waals surface area contributed by atoms with Gasteiger partial charge in [-0.3, -0.25) is 9.59 Å². The van der Waals surface area contributed by atoms with Crippen molar-refractivity contribution in [3.05, 3.63) is 48.6 Å². The molecular formula is C61H111NO10. The molecule has 0 aliphatic carbocycles. The van der Waals surface area contributed by atoms with E-state index in [9.17, 15) is 35.1 Å². The number of carbonyl (C=O) groups excluding carboxylic acids is 2. The van der Waals surface area contributed by atoms with Gasteiger partial charge >= 0.3 is 5.97 Å². The highest BCUT2D eigenvalue weighted by Crippen LogP contribution is 2.26. The molecule has 1 amide bonds. The molecule has 72 heavy (non-hydrogen) atoms. The molecule has 1 aliphatic heterocycles. The average molecular weight is 1020 g/mol. The molecule has 1 aliphatic rings. The average Bonchev–Trinajstić information content (AvgIpc) is 3.38. The van der Waals surface area contributed by atoms with Crippen LogP contribution in [0.25, 0.3) is 0 Å². The summed E-state index contributed by atoms with van der Waals surface area (Å²) in [4.78, 5) is 26.5. The van der Waals surface area contributed by atoms with Crippen LogP contribution >= 0.6 is 0 Å². The Hall–Kier alpha value is -2.38. The summed E-state index contributed by atoms with van der Waals surface area (Å²) in [5.41, 5.74) is 0. The topological polar surface area (TPSA) is 175 Å². The molecule has 11 heteroatoms. The third-order valence-corrected chi connectivity index (χ3v) is 14.0. The molecule has 0 aromatic rings. The number of carbonyl (C=O) groups is 2. The number of esters is 1. The van der Waals surface area contributed by atoms with Crippen molar-refractivity contribution < 1.29 is 49.3 Å². The van der Waals surface area contributed by atoms with Gasteiger partial charge in [-0.15, -0.1) is 0 Å². The van der Waals surface area contributed by atoms with Gasteiger partial charge in [-0.25, -0.2) is 0 Å². The maximum atomic E-state index is 13.4. The Morgan fingerprint density at radius 2 is 0.958 bits per heavy atom. The number of allylic oxidation sites excluding steroid dienone is 7. The summed E-state index contributed by atoms with van der Waals surface area (Å²) >= 11 is 0. The zero-order valence-corrected chi connectivity index (χ0v) is 46.3. The van der Waals surface area contributed by atoms with Crippen LogP contribution in [-0.2, 0) is 23.8 Å². The zero-order valence-electron chi connectivity index (χ0n) is 46.3. The molecule has 420 valence electrons. The van der Waals surface area contributed by atoms with E-state index in [0.29, 0.717) is 19.3 Å². The van der Waals surface area contributed by atoms with Crippen molar-refractivity contribution in [1.29, 1.82) is 0 Å². The van der Waals surface area contributed by atoms with Crippen LogP contribution in [0.4, 0.5) is 0 Å². The fourth-order valence-electron chi connectivity index (χ4n) is 9.19. The lowest BCUT2D eigenvalue weighted by Crippen LogP contribution is -2.61. The summed E-state index contributed by atoms with van der Waals surface area (Å²) in [6.45, 7) is 5.75. The summed E-state index contributed by atoms with van der Waals surface area (Å²) in [7, 11) is 0. The summed E-state index contributed by atoms with van der Waals surface area (Å²) in [5.74, 6) is -1.20. The van der Waals surface area contributed by atoms with Crippen molar-refractivity contribution in [2.45, 2.75) is 314 Å². The number of nitrogens with one attached hydrogen (secondary N) is 1. The molecule has 6 N–H and O–H groups in total. The van der Waals surface area contributed by atoms with Crippen LogP contribution < -0.4 is 5.32 Å². The van der Waals surface area contributed by atoms with E-state index in [-0.39, 0.29) is 13.0 Å². The van der Waals surface area contributed by atoms with Gasteiger partial charge in [0, 0.05) is 6.42 Å². The highest BCUT2D eigenvalue weighted by Gasteiger charge is 2.47. The highest BCUT2D eigenvalue weighted by molar-refractivity contribution is 5.80. The molecule has 8 atom stereocenters. The largest absolute Gasteiger partial charge is 0.454 e. The lowest BCUT2D eigenvalue weighted by Gasteiger charge is -2.41. The molecule has 0 saturated carbocycles. The van der Waals surface area contributed by atoms with Gasteiger partial charge in [-0.05, 0) is 64.2 Å². The van der Waals surface area contributed by atoms with E-state index in [1.165, 1.54) is 128 Å². The van der Waals surface area contributed by atoms with E-state index in [4.69, 9.17) is 14.2 Å². The second-order valence-corrected chi connectivity index (χ2v) is 20.7. The van der Waals surface area contributed by atoms with Crippen LogP contribution in [0, 0.1) is 0 Å². The van der Waals surface area contributed by atoms with Gasteiger partial charge in [0.15, 0.2) is 12.4 Å². The number of aliphatic hydroxyl groups excluding tert-OH is 5. The fraction of sp³-hybridized carbons (Fsp3) is 0.836. The quantitative estimate of drug-likeness (QED) is 0.0195. The van der Waals surface area contributed by atoms with Gasteiger partial charge in [0.1, 0.15) is 24.4 Å². The van der Waals surface area contributed by atoms with Crippen molar-refractivity contribution >= 4 is 11.9 Å². The number of aliphatic hydroxyl groups is 5. The van der Waals surface area contributed by atoms with E-state index in [1.807, 2.05) is 6.08 Å². The standard InChI is InChI=1S/C61H111NO10/c1-4-7-10-13-16-19-22-24-25-26-27-28-29-31-34-37-40-43-46-49-56(66)72-59-58(68)57(67)55(50-63)71-61(59)70-51-52(53(64)47-44-41-38-35-32-21-18-15-12-9-6-3)62-60(69)54(65)48-45-42-39-36-33-30-23-20-17-14-11-8-5-2/h16,19,24-25,27-28,44,47,52-55,57-59,61,63-65,67-68H,4-15,17-18,20-23,26,29-43,45-46,48-51H2,1-3H3,(H,62,69)/b19-16-,25-24-,28-27-,47-44+. The van der Waals surface area contributed by atoms with Gasteiger partial charge < -0.3 is 45.1 Å². The molecule has 11 nitrogen and oxygen atoms in total. The summed E-state index contributed by atoms with van der Waals surface area (Å²) < 4.78 is 17.6. The van der Waals surface area contributed by atoms with Crippen LogP contribution in [-0.4, -0.2) is 99.6 Å². The van der Waals surface area contributed by atoms with Crippen molar-refractivity contribution in [3.63, 3.8) is 0 Å². The molecule has 0 aromatic heterocycles. The van der Waals surface area contributed by atoms with E-state index < -0.39 is 67.4 Å². The number of unbranched alkanes of at least 4 members (excludes halogenated alkanes) is 30. The second-order valence-electron chi connectivity index (χ2n) is 20.7. The second kappa shape index (κ2) is 49.5. The first-order valence-corrected chi connectivity index (χ1v) is 29.9. The maximum Gasteiger partial charge on any atom is 0.306 e. The molecule has 0 spiro atoms. The smallest absolute Gasteiger partial charge is 0.306 e. The Kier molecular flexibility index (Phi) is 46.5. The Labute approximate surface area is 440 Å².